The van der Waals surface area contributed by atoms with Gasteiger partial charge in [-0.3, -0.25) is 24.2 Å². The minimum Gasteiger partial charge on any atom is -0.480 e. The van der Waals surface area contributed by atoms with E-state index >= 15 is 0 Å². The summed E-state index contributed by atoms with van der Waals surface area (Å²) >= 11 is 0. The first-order valence-corrected chi connectivity index (χ1v) is 14.2. The van der Waals surface area contributed by atoms with Gasteiger partial charge < -0.3 is 54.3 Å². The summed E-state index contributed by atoms with van der Waals surface area (Å²) < 4.78 is 0. The molecule has 0 aliphatic heterocycles. The summed E-state index contributed by atoms with van der Waals surface area (Å²) in [7, 11) is 0. The average molecular weight is 610 g/mol. The maximum Gasteiger partial charge on any atom is 0.326 e. The second-order valence-electron chi connectivity index (χ2n) is 10.5. The van der Waals surface area contributed by atoms with Crippen molar-refractivity contribution < 1.29 is 29.1 Å². The third-order valence-electron chi connectivity index (χ3n) is 6.26. The molecule has 0 aliphatic carbocycles. The van der Waals surface area contributed by atoms with Crippen molar-refractivity contribution in [2.24, 2.45) is 33.8 Å². The minimum atomic E-state index is -1.20. The number of amides is 4. The summed E-state index contributed by atoms with van der Waals surface area (Å²) in [6.07, 6.45) is 5.21. The number of carbonyl (C=O) groups excluding carboxylic acids is 4. The molecule has 0 aliphatic rings. The van der Waals surface area contributed by atoms with Crippen LogP contribution in [-0.2, 0) is 30.4 Å². The fourth-order valence-corrected chi connectivity index (χ4v) is 4.02. The number of hydrogen-bond donors (Lipinski definition) is 10. The molecule has 17 nitrogen and oxygen atoms in total. The zero-order valence-corrected chi connectivity index (χ0v) is 24.8. The minimum absolute atomic E-state index is 0.00161. The fraction of sp³-hybridized carbons (Fsp3) is 0.654. The third-order valence-corrected chi connectivity index (χ3v) is 6.26. The van der Waals surface area contributed by atoms with Crippen LogP contribution >= 0.6 is 0 Å². The fourth-order valence-electron chi connectivity index (χ4n) is 4.02. The topological polar surface area (TPSA) is 299 Å². The number of guanidine groups is 1. The number of rotatable bonds is 21. The Bertz CT molecular complexity index is 1060. The number of aromatic nitrogens is 2. The molecule has 0 spiro atoms. The smallest absolute Gasteiger partial charge is 0.326 e. The maximum atomic E-state index is 13.0. The van der Waals surface area contributed by atoms with E-state index < -0.39 is 60.3 Å². The molecule has 4 amide bonds. The number of carboxylic acids is 1. The van der Waals surface area contributed by atoms with Crippen LogP contribution in [0, 0.1) is 5.92 Å². The van der Waals surface area contributed by atoms with Gasteiger partial charge in [0.25, 0.3) is 0 Å². The Hall–Kier alpha value is -4.25. The number of nitrogens with two attached hydrogens (primary N) is 4. The maximum absolute atomic E-state index is 13.0. The van der Waals surface area contributed by atoms with Crippen LogP contribution in [0.2, 0.25) is 0 Å². The SMILES string of the molecule is CC(C)CC(NC(=O)C(Cc1cnc[nH]1)NC(=O)CNC(=O)C(CCCCN)NC(=O)C(N)CCCN=C(N)N)C(=O)O. The van der Waals surface area contributed by atoms with E-state index in [1.807, 2.05) is 13.8 Å². The quantitative estimate of drug-likeness (QED) is 0.0384. The van der Waals surface area contributed by atoms with Crippen LogP contribution in [0.15, 0.2) is 17.5 Å². The zero-order valence-electron chi connectivity index (χ0n) is 24.8. The first-order chi connectivity index (χ1) is 20.3. The second-order valence-corrected chi connectivity index (χ2v) is 10.5. The van der Waals surface area contributed by atoms with E-state index in [0.29, 0.717) is 38.0 Å². The van der Waals surface area contributed by atoms with Crippen molar-refractivity contribution in [3.63, 3.8) is 0 Å². The lowest BCUT2D eigenvalue weighted by molar-refractivity contribution is -0.142. The van der Waals surface area contributed by atoms with Gasteiger partial charge in [-0.1, -0.05) is 13.8 Å². The second kappa shape index (κ2) is 19.8. The lowest BCUT2D eigenvalue weighted by atomic mass is 10.0. The highest BCUT2D eigenvalue weighted by Crippen LogP contribution is 2.07. The van der Waals surface area contributed by atoms with Crippen molar-refractivity contribution in [1.82, 2.24) is 31.2 Å². The largest absolute Gasteiger partial charge is 0.480 e. The lowest BCUT2D eigenvalue weighted by Crippen LogP contribution is -2.55. The first-order valence-electron chi connectivity index (χ1n) is 14.2. The van der Waals surface area contributed by atoms with E-state index in [1.165, 1.54) is 12.5 Å². The molecule has 43 heavy (non-hydrogen) atoms. The van der Waals surface area contributed by atoms with Crippen LogP contribution < -0.4 is 44.2 Å². The van der Waals surface area contributed by atoms with Gasteiger partial charge in [-0.15, -0.1) is 0 Å². The van der Waals surface area contributed by atoms with E-state index in [1.54, 1.807) is 0 Å². The van der Waals surface area contributed by atoms with E-state index in [4.69, 9.17) is 22.9 Å². The van der Waals surface area contributed by atoms with Crippen LogP contribution in [0.1, 0.15) is 58.1 Å². The molecule has 1 aromatic rings. The molecular formula is C26H47N11O6. The number of unbranched alkanes of at least 4 members (excludes halogenated alkanes) is 1. The Labute approximate surface area is 250 Å². The molecule has 242 valence electrons. The van der Waals surface area contributed by atoms with Gasteiger partial charge in [-0.2, -0.15) is 0 Å². The molecule has 0 radical (unpaired) electrons. The predicted octanol–water partition coefficient (Wildman–Crippen LogP) is -2.84. The predicted molar refractivity (Wildman–Crippen MR) is 159 cm³/mol. The van der Waals surface area contributed by atoms with Crippen LogP contribution in [0.3, 0.4) is 0 Å². The summed E-state index contributed by atoms with van der Waals surface area (Å²) in [6.45, 7) is 3.83. The van der Waals surface area contributed by atoms with Gasteiger partial charge in [-0.25, -0.2) is 9.78 Å². The number of aliphatic carboxylic acids is 1. The van der Waals surface area contributed by atoms with Crippen LogP contribution in [-0.4, -0.2) is 94.4 Å². The first kappa shape index (κ1) is 36.8. The summed E-state index contributed by atoms with van der Waals surface area (Å²) in [6, 6.07) is -4.19. The third kappa shape index (κ3) is 15.5. The monoisotopic (exact) mass is 609 g/mol. The molecule has 14 N–H and O–H groups in total. The van der Waals surface area contributed by atoms with E-state index in [0.717, 1.165) is 0 Å². The number of H-pyrrole nitrogens is 1. The molecule has 0 saturated heterocycles. The number of carboxylic acid groups (broad SMARTS) is 1. The summed E-state index contributed by atoms with van der Waals surface area (Å²) in [5.74, 6) is -3.84. The molecule has 4 atom stereocenters. The van der Waals surface area contributed by atoms with Gasteiger partial charge in [0, 0.05) is 24.9 Å². The molecule has 1 rings (SSSR count). The Morgan fingerprint density at radius 2 is 1.65 bits per heavy atom. The Kier molecular flexibility index (Phi) is 16.9. The molecule has 4 unspecified atom stereocenters. The van der Waals surface area contributed by atoms with Crippen LogP contribution in [0.25, 0.3) is 0 Å². The number of aliphatic imine (C=N–C) groups is 1. The van der Waals surface area contributed by atoms with Crippen LogP contribution in [0.4, 0.5) is 0 Å². The Balaban J connectivity index is 2.83. The highest BCUT2D eigenvalue weighted by Gasteiger charge is 2.28. The highest BCUT2D eigenvalue weighted by molar-refractivity contribution is 5.94. The zero-order chi connectivity index (χ0) is 32.4. The highest BCUT2D eigenvalue weighted by atomic mass is 16.4. The summed E-state index contributed by atoms with van der Waals surface area (Å²) in [5.41, 5.74) is 22.6. The van der Waals surface area contributed by atoms with Crippen LogP contribution in [0.5, 0.6) is 0 Å². The molecular weight excluding hydrogens is 562 g/mol. The van der Waals surface area contributed by atoms with Crippen molar-refractivity contribution in [3.8, 4) is 0 Å². The van der Waals surface area contributed by atoms with Gasteiger partial charge in [0.2, 0.25) is 23.6 Å². The van der Waals surface area contributed by atoms with E-state index in [-0.39, 0.29) is 37.6 Å². The molecule has 0 saturated carbocycles. The lowest BCUT2D eigenvalue weighted by Gasteiger charge is -2.23. The number of nitrogens with zero attached hydrogens (tertiary/aromatic N) is 2. The molecule has 17 heteroatoms. The van der Waals surface area contributed by atoms with Gasteiger partial charge >= 0.3 is 5.97 Å². The number of aromatic amines is 1. The number of hydrogen-bond acceptors (Lipinski definition) is 9. The van der Waals surface area contributed by atoms with Gasteiger partial charge in [0.1, 0.15) is 18.1 Å². The standard InChI is InChI=1S/C26H47N11O6/c1-15(2)10-20(25(42)43)37-24(41)19(11-16-12-31-14-34-16)35-21(38)13-33-23(40)18(7-3-4-8-27)36-22(39)17(28)6-5-9-32-26(29)30/h12,14-15,17-20H,3-11,13,27-28H2,1-2H3,(H,31,34)(H,33,40)(H,35,38)(H,36,39)(H,37,41)(H,42,43)(H4,29,30,32). The molecule has 1 heterocycles. The van der Waals surface area contributed by atoms with Crippen molar-refractivity contribution in [2.75, 3.05) is 19.6 Å². The molecule has 0 fully saturated rings. The Morgan fingerprint density at radius 3 is 2.23 bits per heavy atom. The molecule has 0 bridgehead atoms. The number of nitrogens with one attached hydrogen (secondary N) is 5. The molecule has 0 aromatic carbocycles. The number of carbonyl (C=O) groups is 5. The van der Waals surface area contributed by atoms with Crippen molar-refractivity contribution in [3.05, 3.63) is 18.2 Å². The van der Waals surface area contributed by atoms with Gasteiger partial charge in [0.15, 0.2) is 5.96 Å². The van der Waals surface area contributed by atoms with Crippen molar-refractivity contribution in [2.45, 2.75) is 83.0 Å². The summed E-state index contributed by atoms with van der Waals surface area (Å²) in [5, 5.41) is 19.6. The number of imidazole rings is 1. The van der Waals surface area contributed by atoms with Crippen molar-refractivity contribution in [1.29, 1.82) is 0 Å². The molecule has 1 aromatic heterocycles. The average Bonchev–Trinajstić information content (AvgIpc) is 3.45. The van der Waals surface area contributed by atoms with E-state index in [9.17, 15) is 29.1 Å². The summed E-state index contributed by atoms with van der Waals surface area (Å²) in [4.78, 5) is 73.6. The van der Waals surface area contributed by atoms with Gasteiger partial charge in [-0.05, 0) is 51.0 Å². The van der Waals surface area contributed by atoms with E-state index in [2.05, 4.69) is 36.2 Å². The normalized spacial score (nSPS) is 13.7. The van der Waals surface area contributed by atoms with Crippen molar-refractivity contribution >= 4 is 35.6 Å². The van der Waals surface area contributed by atoms with Gasteiger partial charge in [0.05, 0.1) is 18.9 Å². The Morgan fingerprint density at radius 1 is 0.953 bits per heavy atom.